The quantitative estimate of drug-likeness (QED) is 0.821. The van der Waals surface area contributed by atoms with Crippen LogP contribution >= 0.6 is 0 Å². The maximum absolute atomic E-state index is 6.26. The third-order valence-corrected chi connectivity index (χ3v) is 3.60. The van der Waals surface area contributed by atoms with Crippen LogP contribution in [0.1, 0.15) is 45.1 Å². The smallest absolute Gasteiger partial charge is 0.0623 e. The van der Waals surface area contributed by atoms with Crippen molar-refractivity contribution >= 4 is 0 Å². The van der Waals surface area contributed by atoms with Gasteiger partial charge in [-0.25, -0.2) is 0 Å². The minimum atomic E-state index is -0.0754. The van der Waals surface area contributed by atoms with E-state index in [1.165, 1.54) is 5.56 Å². The third kappa shape index (κ3) is 4.49. The highest BCUT2D eigenvalue weighted by molar-refractivity contribution is 5.20. The Morgan fingerprint density at radius 1 is 1.24 bits per heavy atom. The Balaban J connectivity index is 2.51. The Morgan fingerprint density at radius 3 is 2.35 bits per heavy atom. The van der Waals surface area contributed by atoms with Gasteiger partial charge in [-0.15, -0.1) is 0 Å². The van der Waals surface area contributed by atoms with Crippen molar-refractivity contribution in [3.63, 3.8) is 0 Å². The number of methoxy groups -OCH3 is 1. The molecule has 0 amide bonds. The zero-order valence-electron chi connectivity index (χ0n) is 11.4. The lowest BCUT2D eigenvalue weighted by Crippen LogP contribution is -2.31. The van der Waals surface area contributed by atoms with E-state index in [2.05, 4.69) is 45.0 Å². The van der Waals surface area contributed by atoms with Gasteiger partial charge in [0.1, 0.15) is 0 Å². The topological polar surface area (TPSA) is 35.2 Å². The zero-order chi connectivity index (χ0) is 12.9. The molecule has 1 rings (SSSR count). The van der Waals surface area contributed by atoms with E-state index < -0.39 is 0 Å². The van der Waals surface area contributed by atoms with E-state index in [1.54, 1.807) is 7.11 Å². The molecule has 0 fully saturated rings. The van der Waals surface area contributed by atoms with Crippen molar-refractivity contribution in [1.82, 2.24) is 0 Å². The van der Waals surface area contributed by atoms with Gasteiger partial charge in [0.25, 0.3) is 0 Å². The predicted molar refractivity (Wildman–Crippen MR) is 73.2 cm³/mol. The van der Waals surface area contributed by atoms with Crippen LogP contribution in [-0.4, -0.2) is 18.8 Å². The molecule has 0 saturated heterocycles. The fourth-order valence-electron chi connectivity index (χ4n) is 1.87. The van der Waals surface area contributed by atoms with E-state index >= 15 is 0 Å². The predicted octanol–water partition coefficient (Wildman–Crippen LogP) is 3.32. The van der Waals surface area contributed by atoms with Gasteiger partial charge in [0.2, 0.25) is 0 Å². The highest BCUT2D eigenvalue weighted by Gasteiger charge is 2.21. The largest absolute Gasteiger partial charge is 0.379 e. The molecule has 2 nitrogen and oxygen atoms in total. The van der Waals surface area contributed by atoms with Gasteiger partial charge in [0.05, 0.1) is 5.60 Å². The molecule has 17 heavy (non-hydrogen) atoms. The summed E-state index contributed by atoms with van der Waals surface area (Å²) in [5, 5.41) is 0. The van der Waals surface area contributed by atoms with E-state index in [9.17, 15) is 0 Å². The number of ether oxygens (including phenoxy) is 1. The minimum absolute atomic E-state index is 0.0754. The lowest BCUT2D eigenvalue weighted by Gasteiger charge is -2.27. The second-order valence-corrected chi connectivity index (χ2v) is 5.37. The van der Waals surface area contributed by atoms with Crippen LogP contribution in [0, 0.1) is 0 Å². The minimum Gasteiger partial charge on any atom is -0.379 e. The third-order valence-electron chi connectivity index (χ3n) is 3.60. The normalized spacial score (nSPS) is 15.6. The molecule has 0 aromatic heterocycles. The highest BCUT2D eigenvalue weighted by atomic mass is 16.5. The van der Waals surface area contributed by atoms with E-state index in [4.69, 9.17) is 10.5 Å². The standard InChI is InChI=1S/C15H25NO/c1-12(13-8-6-5-7-9-13)14(16)10-11-15(2,3)17-4/h5-9,12,14H,10-11,16H2,1-4H3. The molecule has 1 aromatic rings. The molecule has 2 atom stereocenters. The average Bonchev–Trinajstić information content (AvgIpc) is 2.36. The van der Waals surface area contributed by atoms with Gasteiger partial charge in [0, 0.05) is 13.2 Å². The highest BCUT2D eigenvalue weighted by Crippen LogP contribution is 2.24. The van der Waals surface area contributed by atoms with Gasteiger partial charge in [0.15, 0.2) is 0 Å². The van der Waals surface area contributed by atoms with Crippen LogP contribution in [0.25, 0.3) is 0 Å². The molecule has 0 saturated carbocycles. The monoisotopic (exact) mass is 235 g/mol. The molecule has 0 aliphatic heterocycles. The van der Waals surface area contributed by atoms with Gasteiger partial charge in [-0.3, -0.25) is 0 Å². The molecule has 0 radical (unpaired) electrons. The number of hydrogen-bond acceptors (Lipinski definition) is 2. The summed E-state index contributed by atoms with van der Waals surface area (Å²) in [5.74, 6) is 0.392. The fourth-order valence-corrected chi connectivity index (χ4v) is 1.87. The van der Waals surface area contributed by atoms with Gasteiger partial charge in [-0.1, -0.05) is 37.3 Å². The van der Waals surface area contributed by atoms with E-state index in [0.29, 0.717) is 5.92 Å². The molecule has 2 unspecified atom stereocenters. The second-order valence-electron chi connectivity index (χ2n) is 5.37. The van der Waals surface area contributed by atoms with Crippen molar-refractivity contribution in [2.24, 2.45) is 5.73 Å². The van der Waals surface area contributed by atoms with Crippen LogP contribution in [0.15, 0.2) is 30.3 Å². The maximum atomic E-state index is 6.26. The Morgan fingerprint density at radius 2 is 1.82 bits per heavy atom. The van der Waals surface area contributed by atoms with Crippen LogP contribution in [0.5, 0.6) is 0 Å². The van der Waals surface area contributed by atoms with Gasteiger partial charge >= 0.3 is 0 Å². The summed E-state index contributed by atoms with van der Waals surface area (Å²) in [6, 6.07) is 10.6. The Hall–Kier alpha value is -0.860. The number of benzene rings is 1. The van der Waals surface area contributed by atoms with Crippen molar-refractivity contribution in [2.75, 3.05) is 7.11 Å². The number of nitrogens with two attached hydrogens (primary N) is 1. The van der Waals surface area contributed by atoms with Crippen LogP contribution in [0.2, 0.25) is 0 Å². The van der Waals surface area contributed by atoms with Crippen molar-refractivity contribution in [3.05, 3.63) is 35.9 Å². The first-order valence-electron chi connectivity index (χ1n) is 6.32. The SMILES string of the molecule is COC(C)(C)CCC(N)C(C)c1ccccc1. The molecule has 0 aliphatic rings. The lowest BCUT2D eigenvalue weighted by molar-refractivity contribution is 0.0121. The Labute approximate surface area is 105 Å². The lowest BCUT2D eigenvalue weighted by atomic mass is 9.88. The molecule has 0 spiro atoms. The summed E-state index contributed by atoms with van der Waals surface area (Å²) in [6.45, 7) is 6.40. The maximum Gasteiger partial charge on any atom is 0.0623 e. The van der Waals surface area contributed by atoms with Crippen LogP contribution < -0.4 is 5.73 Å². The van der Waals surface area contributed by atoms with Gasteiger partial charge in [-0.2, -0.15) is 0 Å². The molecular weight excluding hydrogens is 210 g/mol. The molecule has 96 valence electrons. The summed E-state index contributed by atoms with van der Waals surface area (Å²) in [7, 11) is 1.76. The van der Waals surface area contributed by atoms with Gasteiger partial charge in [-0.05, 0) is 38.2 Å². The van der Waals surface area contributed by atoms with E-state index in [-0.39, 0.29) is 11.6 Å². The van der Waals surface area contributed by atoms with Crippen molar-refractivity contribution in [3.8, 4) is 0 Å². The summed E-state index contributed by atoms with van der Waals surface area (Å²) in [6.07, 6.45) is 1.97. The average molecular weight is 235 g/mol. The number of hydrogen-bond donors (Lipinski definition) is 1. The molecule has 2 heteroatoms. The van der Waals surface area contributed by atoms with Crippen molar-refractivity contribution in [1.29, 1.82) is 0 Å². The van der Waals surface area contributed by atoms with E-state index in [1.807, 2.05) is 6.07 Å². The molecule has 0 aliphatic carbocycles. The van der Waals surface area contributed by atoms with Gasteiger partial charge < -0.3 is 10.5 Å². The summed E-state index contributed by atoms with van der Waals surface area (Å²) in [4.78, 5) is 0. The molecule has 1 aromatic carbocycles. The summed E-state index contributed by atoms with van der Waals surface area (Å²) >= 11 is 0. The van der Waals surface area contributed by atoms with Crippen LogP contribution in [0.3, 0.4) is 0 Å². The summed E-state index contributed by atoms with van der Waals surface area (Å²) < 4.78 is 5.42. The number of rotatable bonds is 6. The first-order chi connectivity index (χ1) is 7.96. The molecule has 2 N–H and O–H groups in total. The molecular formula is C15H25NO. The summed E-state index contributed by atoms with van der Waals surface area (Å²) in [5.41, 5.74) is 7.50. The molecule has 0 bridgehead atoms. The van der Waals surface area contributed by atoms with Crippen LogP contribution in [-0.2, 0) is 4.74 Å². The zero-order valence-corrected chi connectivity index (χ0v) is 11.4. The Bertz CT molecular complexity index is 321. The van der Waals surface area contributed by atoms with Crippen molar-refractivity contribution in [2.45, 2.75) is 51.2 Å². The molecule has 0 heterocycles. The Kier molecular flexibility index (Phi) is 5.16. The second kappa shape index (κ2) is 6.18. The first-order valence-corrected chi connectivity index (χ1v) is 6.32. The van der Waals surface area contributed by atoms with Crippen LogP contribution in [0.4, 0.5) is 0 Å². The fraction of sp³-hybridized carbons (Fsp3) is 0.600. The van der Waals surface area contributed by atoms with Crippen molar-refractivity contribution < 1.29 is 4.74 Å². The van der Waals surface area contributed by atoms with E-state index in [0.717, 1.165) is 12.8 Å². The first kappa shape index (κ1) is 14.2.